The molecule has 0 atom stereocenters. The molecule has 2 aromatic carbocycles. The van der Waals surface area contributed by atoms with Gasteiger partial charge in [-0.2, -0.15) is 0 Å². The van der Waals surface area contributed by atoms with Gasteiger partial charge in [-0.3, -0.25) is 4.79 Å². The Labute approximate surface area is 132 Å². The number of benzene rings is 2. The predicted molar refractivity (Wildman–Crippen MR) is 87.6 cm³/mol. The number of nitrogens with one attached hydrogen (secondary N) is 1. The van der Waals surface area contributed by atoms with Crippen molar-refractivity contribution in [2.45, 2.75) is 19.8 Å². The molecule has 1 N–H and O–H groups in total. The Balaban J connectivity index is 2.21. The molecule has 0 heterocycles. The Kier molecular flexibility index (Phi) is 4.84. The fraction of sp³-hybridized carbons (Fsp3) is 0.188. The summed E-state index contributed by atoms with van der Waals surface area (Å²) >= 11 is 9.23. The van der Waals surface area contributed by atoms with E-state index in [4.69, 9.17) is 11.6 Å². The van der Waals surface area contributed by atoms with Crippen LogP contribution < -0.4 is 5.32 Å². The van der Waals surface area contributed by atoms with Crippen LogP contribution in [-0.2, 0) is 0 Å². The van der Waals surface area contributed by atoms with Crippen molar-refractivity contribution in [2.75, 3.05) is 5.32 Å². The topological polar surface area (TPSA) is 29.1 Å². The molecule has 0 aromatic heterocycles. The SMILES string of the molecule is CC(C)c1cccc(NC(=O)c2ccc(Cl)cc2Br)c1. The van der Waals surface area contributed by atoms with Gasteiger partial charge in [-0.1, -0.05) is 37.6 Å². The Morgan fingerprint density at radius 3 is 2.60 bits per heavy atom. The van der Waals surface area contributed by atoms with Crippen LogP contribution in [0.4, 0.5) is 5.69 Å². The smallest absolute Gasteiger partial charge is 0.256 e. The van der Waals surface area contributed by atoms with Gasteiger partial charge in [0.05, 0.1) is 5.56 Å². The molecule has 0 unspecified atom stereocenters. The summed E-state index contributed by atoms with van der Waals surface area (Å²) in [5, 5.41) is 3.49. The summed E-state index contributed by atoms with van der Waals surface area (Å²) in [6, 6.07) is 13.0. The Morgan fingerprint density at radius 1 is 1.20 bits per heavy atom. The Hall–Kier alpha value is -1.32. The standard InChI is InChI=1S/C16H15BrClNO/c1-10(2)11-4-3-5-13(8-11)19-16(20)14-7-6-12(18)9-15(14)17/h3-10H,1-2H3,(H,19,20). The lowest BCUT2D eigenvalue weighted by atomic mass is 10.0. The van der Waals surface area contributed by atoms with Gasteiger partial charge in [-0.15, -0.1) is 0 Å². The monoisotopic (exact) mass is 351 g/mol. The van der Waals surface area contributed by atoms with Crippen LogP contribution in [0.25, 0.3) is 0 Å². The maximum Gasteiger partial charge on any atom is 0.256 e. The highest BCUT2D eigenvalue weighted by Crippen LogP contribution is 2.23. The first-order valence-corrected chi connectivity index (χ1v) is 7.51. The molecule has 2 rings (SSSR count). The van der Waals surface area contributed by atoms with Crippen LogP contribution in [0, 0.1) is 0 Å². The maximum atomic E-state index is 12.2. The second kappa shape index (κ2) is 6.42. The summed E-state index contributed by atoms with van der Waals surface area (Å²) in [5.74, 6) is 0.267. The largest absolute Gasteiger partial charge is 0.322 e. The molecular formula is C16H15BrClNO. The van der Waals surface area contributed by atoms with Gasteiger partial charge in [0.2, 0.25) is 0 Å². The van der Waals surface area contributed by atoms with Crippen molar-refractivity contribution in [3.8, 4) is 0 Å². The van der Waals surface area contributed by atoms with Crippen molar-refractivity contribution in [3.63, 3.8) is 0 Å². The number of rotatable bonds is 3. The zero-order chi connectivity index (χ0) is 14.7. The molecule has 0 aliphatic rings. The van der Waals surface area contributed by atoms with Crippen LogP contribution in [0.1, 0.15) is 35.7 Å². The second-order valence-electron chi connectivity index (χ2n) is 4.86. The van der Waals surface area contributed by atoms with Gasteiger partial charge in [-0.25, -0.2) is 0 Å². The quantitative estimate of drug-likeness (QED) is 0.779. The average Bonchev–Trinajstić information content (AvgIpc) is 2.38. The summed E-state index contributed by atoms with van der Waals surface area (Å²) in [4.78, 5) is 12.2. The first-order valence-electron chi connectivity index (χ1n) is 6.33. The number of halogens is 2. The summed E-state index contributed by atoms with van der Waals surface area (Å²) in [7, 11) is 0. The fourth-order valence-corrected chi connectivity index (χ4v) is 2.71. The Bertz CT molecular complexity index is 640. The van der Waals surface area contributed by atoms with Crippen LogP contribution in [0.5, 0.6) is 0 Å². The summed E-state index contributed by atoms with van der Waals surface area (Å²) in [6.45, 7) is 4.24. The third-order valence-electron chi connectivity index (χ3n) is 2.99. The fourth-order valence-electron chi connectivity index (χ4n) is 1.85. The molecule has 2 nitrogen and oxygen atoms in total. The van der Waals surface area contributed by atoms with Gasteiger partial charge in [0.1, 0.15) is 0 Å². The highest BCUT2D eigenvalue weighted by Gasteiger charge is 2.11. The summed E-state index contributed by atoms with van der Waals surface area (Å²) < 4.78 is 0.683. The highest BCUT2D eigenvalue weighted by molar-refractivity contribution is 9.10. The van der Waals surface area contributed by atoms with Crippen molar-refractivity contribution in [3.05, 3.63) is 63.1 Å². The van der Waals surface area contributed by atoms with Crippen LogP contribution in [0.15, 0.2) is 46.9 Å². The van der Waals surface area contributed by atoms with E-state index < -0.39 is 0 Å². The molecule has 0 aliphatic heterocycles. The summed E-state index contributed by atoms with van der Waals surface area (Å²) in [5.41, 5.74) is 2.55. The van der Waals surface area contributed by atoms with Gasteiger partial charge >= 0.3 is 0 Å². The van der Waals surface area contributed by atoms with Crippen molar-refractivity contribution in [1.29, 1.82) is 0 Å². The number of carbonyl (C=O) groups excluding carboxylic acids is 1. The van der Waals surface area contributed by atoms with Gasteiger partial charge < -0.3 is 5.32 Å². The third kappa shape index (κ3) is 3.62. The van der Waals surface area contributed by atoms with Crippen molar-refractivity contribution in [2.24, 2.45) is 0 Å². The predicted octanol–water partition coefficient (Wildman–Crippen LogP) is 5.48. The lowest BCUT2D eigenvalue weighted by molar-refractivity contribution is 0.102. The van der Waals surface area contributed by atoms with Crippen LogP contribution in [0.3, 0.4) is 0 Å². The third-order valence-corrected chi connectivity index (χ3v) is 3.88. The lowest BCUT2D eigenvalue weighted by Crippen LogP contribution is -2.12. The van der Waals surface area contributed by atoms with Crippen LogP contribution in [0.2, 0.25) is 5.02 Å². The molecule has 20 heavy (non-hydrogen) atoms. The number of hydrogen-bond donors (Lipinski definition) is 1. The molecule has 104 valence electrons. The normalized spacial score (nSPS) is 10.7. The molecule has 2 aromatic rings. The van der Waals surface area contributed by atoms with E-state index in [1.165, 1.54) is 5.56 Å². The van der Waals surface area contributed by atoms with Gasteiger partial charge in [0.25, 0.3) is 5.91 Å². The van der Waals surface area contributed by atoms with E-state index in [-0.39, 0.29) is 5.91 Å². The minimum atomic E-state index is -0.158. The number of hydrogen-bond acceptors (Lipinski definition) is 1. The molecule has 0 radical (unpaired) electrons. The molecule has 0 spiro atoms. The zero-order valence-electron chi connectivity index (χ0n) is 11.3. The highest BCUT2D eigenvalue weighted by atomic mass is 79.9. The molecule has 0 bridgehead atoms. The molecule has 0 fully saturated rings. The number of anilines is 1. The van der Waals surface area contributed by atoms with Crippen LogP contribution in [-0.4, -0.2) is 5.91 Å². The first kappa shape index (κ1) is 15.1. The molecule has 0 saturated carbocycles. The molecule has 0 saturated heterocycles. The van der Waals surface area contributed by atoms with Gasteiger partial charge in [0, 0.05) is 15.2 Å². The van der Waals surface area contributed by atoms with E-state index in [2.05, 4.69) is 41.2 Å². The first-order chi connectivity index (χ1) is 9.47. The molecule has 0 aliphatic carbocycles. The van der Waals surface area contributed by atoms with Crippen molar-refractivity contribution < 1.29 is 4.79 Å². The Morgan fingerprint density at radius 2 is 1.95 bits per heavy atom. The zero-order valence-corrected chi connectivity index (χ0v) is 13.6. The van der Waals surface area contributed by atoms with E-state index >= 15 is 0 Å². The van der Waals surface area contributed by atoms with Gasteiger partial charge in [-0.05, 0) is 57.7 Å². The van der Waals surface area contributed by atoms with E-state index in [9.17, 15) is 4.79 Å². The lowest BCUT2D eigenvalue weighted by Gasteiger charge is -2.10. The molecular weight excluding hydrogens is 338 g/mol. The van der Waals surface area contributed by atoms with Crippen molar-refractivity contribution in [1.82, 2.24) is 0 Å². The number of carbonyl (C=O) groups is 1. The average molecular weight is 353 g/mol. The second-order valence-corrected chi connectivity index (χ2v) is 6.15. The van der Waals surface area contributed by atoms with E-state index in [0.717, 1.165) is 5.69 Å². The maximum absolute atomic E-state index is 12.2. The van der Waals surface area contributed by atoms with E-state index in [1.807, 2.05) is 18.2 Å². The van der Waals surface area contributed by atoms with Gasteiger partial charge in [0.15, 0.2) is 0 Å². The van der Waals surface area contributed by atoms with Crippen molar-refractivity contribution >= 4 is 39.1 Å². The van der Waals surface area contributed by atoms with E-state index in [1.54, 1.807) is 18.2 Å². The minimum Gasteiger partial charge on any atom is -0.322 e. The molecule has 1 amide bonds. The minimum absolute atomic E-state index is 0.158. The van der Waals surface area contributed by atoms with Crippen LogP contribution >= 0.6 is 27.5 Å². The molecule has 4 heteroatoms. The summed E-state index contributed by atoms with van der Waals surface area (Å²) in [6.07, 6.45) is 0. The number of amides is 1. The van der Waals surface area contributed by atoms with E-state index in [0.29, 0.717) is 21.0 Å².